The van der Waals surface area contributed by atoms with Crippen LogP contribution in [0.2, 0.25) is 0 Å². The minimum Gasteiger partial charge on any atom is -0.486 e. The summed E-state index contributed by atoms with van der Waals surface area (Å²) in [5, 5.41) is 8.41. The molecule has 4 rings (SSSR count). The maximum Gasteiger partial charge on any atom is 0.257 e. The van der Waals surface area contributed by atoms with E-state index in [0.717, 1.165) is 22.1 Å². The topological polar surface area (TPSA) is 138 Å². The molecule has 2 heterocycles. The number of hydrogen-bond acceptors (Lipinski definition) is 8. The van der Waals surface area contributed by atoms with E-state index in [0.29, 0.717) is 45.2 Å². The highest BCUT2D eigenvalue weighted by Gasteiger charge is 2.15. The van der Waals surface area contributed by atoms with Crippen LogP contribution in [0.1, 0.15) is 32.8 Å². The van der Waals surface area contributed by atoms with Gasteiger partial charge in [-0.1, -0.05) is 5.16 Å². The van der Waals surface area contributed by atoms with Crippen LogP contribution in [0.4, 0.5) is 17.2 Å². The summed E-state index contributed by atoms with van der Waals surface area (Å²) in [6.07, 6.45) is 1.43. The van der Waals surface area contributed by atoms with Gasteiger partial charge in [-0.15, -0.1) is 0 Å². The summed E-state index contributed by atoms with van der Waals surface area (Å²) in [4.78, 5) is 21.3. The van der Waals surface area contributed by atoms with Gasteiger partial charge in [-0.05, 0) is 73.9 Å². The first-order valence-corrected chi connectivity index (χ1v) is 10.9. The Hall–Kier alpha value is -4.53. The van der Waals surface area contributed by atoms with Crippen LogP contribution in [0.15, 0.2) is 58.2 Å². The number of amides is 1. The Balaban J connectivity index is 1.53. The minimum atomic E-state index is -0.280. The number of nitrogens with two attached hydrogens (primary N) is 2. The van der Waals surface area contributed by atoms with Crippen molar-refractivity contribution in [2.45, 2.75) is 27.4 Å². The average Bonchev–Trinajstić information content (AvgIpc) is 2.86. The molecule has 9 nitrogen and oxygen atoms in total. The van der Waals surface area contributed by atoms with Gasteiger partial charge in [0.2, 0.25) is 0 Å². The molecule has 1 amide bonds. The molecule has 180 valence electrons. The molecule has 0 saturated carbocycles. The molecule has 5 N–H and O–H groups in total. The second-order valence-electron chi connectivity index (χ2n) is 8.10. The Labute approximate surface area is 202 Å². The standard InChI is InChI=1S/C26H27N5O4/c1-14-15(2)25-23(16(3)24(14)28)21(31-33-4)11-20(35-25)13-34-19-8-6-18(7-9-19)30-26(32)17-5-10-22(27)29-12-17/h5-12H,13,28H2,1-4H3,(H2,27,29)(H,30,32). The van der Waals surface area contributed by atoms with Gasteiger partial charge in [-0.3, -0.25) is 4.79 Å². The number of nitrogen functional groups attached to an aromatic ring is 2. The number of pyridine rings is 1. The van der Waals surface area contributed by atoms with E-state index >= 15 is 0 Å². The lowest BCUT2D eigenvalue weighted by Gasteiger charge is -2.14. The zero-order valence-electron chi connectivity index (χ0n) is 20.0. The number of aryl methyl sites for hydroxylation is 2. The number of benzene rings is 2. The van der Waals surface area contributed by atoms with Crippen molar-refractivity contribution in [3.05, 3.63) is 82.0 Å². The third-order valence-electron chi connectivity index (χ3n) is 5.83. The molecule has 9 heteroatoms. The SMILES string of the molecule is CON=c1cc(COc2ccc(NC(=O)c3ccc(N)nc3)cc2)oc2c(C)c(C)c(N)c(C)c12. The van der Waals surface area contributed by atoms with Gasteiger partial charge >= 0.3 is 0 Å². The van der Waals surface area contributed by atoms with Crippen molar-refractivity contribution in [1.82, 2.24) is 4.98 Å². The van der Waals surface area contributed by atoms with Gasteiger partial charge in [0.15, 0.2) is 0 Å². The van der Waals surface area contributed by atoms with Crippen LogP contribution in [-0.2, 0) is 11.4 Å². The van der Waals surface area contributed by atoms with E-state index < -0.39 is 0 Å². The molecule has 4 aromatic rings. The molecule has 2 aromatic heterocycles. The maximum atomic E-state index is 12.3. The molecule has 0 saturated heterocycles. The monoisotopic (exact) mass is 473 g/mol. The summed E-state index contributed by atoms with van der Waals surface area (Å²) in [6, 6.07) is 12.0. The number of rotatable bonds is 6. The van der Waals surface area contributed by atoms with Gasteiger partial charge < -0.3 is 30.8 Å². The van der Waals surface area contributed by atoms with E-state index in [1.165, 1.54) is 13.3 Å². The molecule has 0 aliphatic carbocycles. The smallest absolute Gasteiger partial charge is 0.257 e. The molecule has 0 unspecified atom stereocenters. The summed E-state index contributed by atoms with van der Waals surface area (Å²) in [5.74, 6) is 1.26. The third-order valence-corrected chi connectivity index (χ3v) is 5.83. The molecule has 0 atom stereocenters. The Morgan fingerprint density at radius 2 is 1.80 bits per heavy atom. The largest absolute Gasteiger partial charge is 0.486 e. The molecule has 0 radical (unpaired) electrons. The number of ether oxygens (including phenoxy) is 1. The van der Waals surface area contributed by atoms with Gasteiger partial charge in [0.1, 0.15) is 42.0 Å². The van der Waals surface area contributed by atoms with Crippen molar-refractivity contribution in [2.75, 3.05) is 23.9 Å². The molecular weight excluding hydrogens is 446 g/mol. The fourth-order valence-corrected chi connectivity index (χ4v) is 3.74. The summed E-state index contributed by atoms with van der Waals surface area (Å²) in [5.41, 5.74) is 17.1. The molecule has 0 aliphatic rings. The van der Waals surface area contributed by atoms with E-state index in [-0.39, 0.29) is 12.5 Å². The van der Waals surface area contributed by atoms with E-state index in [4.69, 9.17) is 25.5 Å². The lowest BCUT2D eigenvalue weighted by molar-refractivity contribution is 0.102. The fraction of sp³-hybridized carbons (Fsp3) is 0.192. The van der Waals surface area contributed by atoms with E-state index in [9.17, 15) is 4.79 Å². The maximum absolute atomic E-state index is 12.3. The van der Waals surface area contributed by atoms with Gasteiger partial charge in [0.05, 0.1) is 10.9 Å². The third kappa shape index (κ3) is 4.89. The highest BCUT2D eigenvalue weighted by molar-refractivity contribution is 6.04. The Kier molecular flexibility index (Phi) is 6.59. The number of carbonyl (C=O) groups excluding carboxylic acids is 1. The Morgan fingerprint density at radius 3 is 2.46 bits per heavy atom. The normalized spacial score (nSPS) is 11.5. The molecule has 0 fully saturated rings. The van der Waals surface area contributed by atoms with E-state index in [1.807, 2.05) is 20.8 Å². The van der Waals surface area contributed by atoms with Crippen LogP contribution in [0.5, 0.6) is 5.75 Å². The fourth-order valence-electron chi connectivity index (χ4n) is 3.74. The second-order valence-corrected chi connectivity index (χ2v) is 8.10. The lowest BCUT2D eigenvalue weighted by atomic mass is 9.98. The minimum absolute atomic E-state index is 0.174. The van der Waals surface area contributed by atoms with Crippen LogP contribution in [0.25, 0.3) is 11.0 Å². The molecule has 0 spiro atoms. The van der Waals surface area contributed by atoms with Crippen molar-refractivity contribution >= 4 is 34.1 Å². The summed E-state index contributed by atoms with van der Waals surface area (Å²) in [6.45, 7) is 6.04. The predicted molar refractivity (Wildman–Crippen MR) is 135 cm³/mol. The number of aromatic nitrogens is 1. The second kappa shape index (κ2) is 9.76. The van der Waals surface area contributed by atoms with Gasteiger partial charge in [-0.25, -0.2) is 4.98 Å². The zero-order chi connectivity index (χ0) is 25.1. The van der Waals surface area contributed by atoms with Crippen molar-refractivity contribution in [2.24, 2.45) is 5.16 Å². The van der Waals surface area contributed by atoms with Gasteiger partial charge in [0.25, 0.3) is 5.91 Å². The zero-order valence-corrected chi connectivity index (χ0v) is 20.0. The predicted octanol–water partition coefficient (Wildman–Crippen LogP) is 4.21. The molecule has 0 bridgehead atoms. The summed E-state index contributed by atoms with van der Waals surface area (Å²) in [7, 11) is 1.50. The first-order chi connectivity index (χ1) is 16.8. The number of anilines is 3. The van der Waals surface area contributed by atoms with Crippen molar-refractivity contribution in [1.29, 1.82) is 0 Å². The first kappa shape index (κ1) is 23.6. The van der Waals surface area contributed by atoms with Crippen molar-refractivity contribution in [3.8, 4) is 5.75 Å². The number of fused-ring (bicyclic) bond motifs is 1. The van der Waals surface area contributed by atoms with Crippen molar-refractivity contribution in [3.63, 3.8) is 0 Å². The lowest BCUT2D eigenvalue weighted by Crippen LogP contribution is -2.12. The highest BCUT2D eigenvalue weighted by Crippen LogP contribution is 2.30. The van der Waals surface area contributed by atoms with E-state index in [1.54, 1.807) is 42.5 Å². The first-order valence-electron chi connectivity index (χ1n) is 10.9. The molecule has 0 aliphatic heterocycles. The van der Waals surface area contributed by atoms with E-state index in [2.05, 4.69) is 15.5 Å². The Morgan fingerprint density at radius 1 is 1.06 bits per heavy atom. The van der Waals surface area contributed by atoms with Crippen LogP contribution in [0, 0.1) is 20.8 Å². The van der Waals surface area contributed by atoms with Crippen LogP contribution in [-0.4, -0.2) is 18.0 Å². The average molecular weight is 474 g/mol. The van der Waals surface area contributed by atoms with Gasteiger partial charge in [-0.2, -0.15) is 0 Å². The molecule has 2 aromatic carbocycles. The van der Waals surface area contributed by atoms with Gasteiger partial charge in [0, 0.05) is 23.6 Å². The van der Waals surface area contributed by atoms with Crippen LogP contribution < -0.4 is 26.9 Å². The molecule has 35 heavy (non-hydrogen) atoms. The summed E-state index contributed by atoms with van der Waals surface area (Å²) >= 11 is 0. The summed E-state index contributed by atoms with van der Waals surface area (Å²) < 4.78 is 12.1. The quantitative estimate of drug-likeness (QED) is 0.282. The Bertz CT molecular complexity index is 1460. The van der Waals surface area contributed by atoms with Crippen LogP contribution >= 0.6 is 0 Å². The highest BCUT2D eigenvalue weighted by atomic mass is 16.6. The van der Waals surface area contributed by atoms with Crippen LogP contribution in [0.3, 0.4) is 0 Å². The number of carbonyl (C=O) groups is 1. The number of nitrogens with zero attached hydrogens (tertiary/aromatic N) is 2. The number of nitrogens with one attached hydrogen (secondary N) is 1. The van der Waals surface area contributed by atoms with Crippen molar-refractivity contribution < 1.29 is 18.8 Å². The molecular formula is C26H27N5O4. The number of hydrogen-bond donors (Lipinski definition) is 3.